The third kappa shape index (κ3) is 10.1. The van der Waals surface area contributed by atoms with Crippen LogP contribution in [0.5, 0.6) is 0 Å². The number of ether oxygens (including phenoxy) is 1. The van der Waals surface area contributed by atoms with Crippen molar-refractivity contribution >= 4 is 5.97 Å². The van der Waals surface area contributed by atoms with Crippen LogP contribution in [0.15, 0.2) is 30.3 Å². The first-order valence-electron chi connectivity index (χ1n) is 9.06. The van der Waals surface area contributed by atoms with Crippen LogP contribution in [-0.2, 0) is 16.1 Å². The SMILES string of the molecule is CCC(C)CCCC(=O)OC(C)CCCNCc1ccccc1. The van der Waals surface area contributed by atoms with Crippen molar-refractivity contribution in [2.75, 3.05) is 6.54 Å². The number of benzene rings is 1. The van der Waals surface area contributed by atoms with Gasteiger partial charge in [0.2, 0.25) is 0 Å². The zero-order valence-electron chi connectivity index (χ0n) is 15.0. The van der Waals surface area contributed by atoms with Gasteiger partial charge >= 0.3 is 5.97 Å². The summed E-state index contributed by atoms with van der Waals surface area (Å²) in [5.41, 5.74) is 1.30. The maximum atomic E-state index is 11.8. The van der Waals surface area contributed by atoms with E-state index in [2.05, 4.69) is 43.4 Å². The largest absolute Gasteiger partial charge is 0.463 e. The summed E-state index contributed by atoms with van der Waals surface area (Å²) in [5.74, 6) is 0.661. The van der Waals surface area contributed by atoms with Crippen LogP contribution in [0.3, 0.4) is 0 Å². The topological polar surface area (TPSA) is 38.3 Å². The molecule has 0 fully saturated rings. The summed E-state index contributed by atoms with van der Waals surface area (Å²) in [7, 11) is 0. The first-order valence-corrected chi connectivity index (χ1v) is 9.06. The highest BCUT2D eigenvalue weighted by atomic mass is 16.5. The molecule has 1 aromatic carbocycles. The van der Waals surface area contributed by atoms with Crippen LogP contribution in [0.2, 0.25) is 0 Å². The molecule has 0 aromatic heterocycles. The van der Waals surface area contributed by atoms with Crippen molar-refractivity contribution in [3.63, 3.8) is 0 Å². The second-order valence-corrected chi connectivity index (χ2v) is 6.51. The third-order valence-electron chi connectivity index (χ3n) is 4.24. The van der Waals surface area contributed by atoms with Crippen LogP contribution in [0.1, 0.15) is 64.9 Å². The molecule has 0 saturated heterocycles. The van der Waals surface area contributed by atoms with E-state index >= 15 is 0 Å². The predicted octanol–water partition coefficient (Wildman–Crippen LogP) is 4.70. The summed E-state index contributed by atoms with van der Waals surface area (Å²) in [6.45, 7) is 8.26. The van der Waals surface area contributed by atoms with Crippen LogP contribution in [0, 0.1) is 5.92 Å². The maximum Gasteiger partial charge on any atom is 0.306 e. The van der Waals surface area contributed by atoms with Gasteiger partial charge in [-0.2, -0.15) is 0 Å². The molecule has 1 N–H and O–H groups in total. The van der Waals surface area contributed by atoms with Gasteiger partial charge in [0.05, 0.1) is 6.10 Å². The molecule has 0 radical (unpaired) electrons. The highest BCUT2D eigenvalue weighted by molar-refractivity contribution is 5.69. The minimum atomic E-state index is -0.0435. The zero-order valence-corrected chi connectivity index (χ0v) is 15.0. The molecule has 130 valence electrons. The van der Waals surface area contributed by atoms with Gasteiger partial charge in [-0.3, -0.25) is 4.79 Å². The van der Waals surface area contributed by atoms with Gasteiger partial charge in [0.25, 0.3) is 0 Å². The normalized spacial score (nSPS) is 13.5. The minimum Gasteiger partial charge on any atom is -0.463 e. The quantitative estimate of drug-likeness (QED) is 0.448. The van der Waals surface area contributed by atoms with Crippen molar-refractivity contribution in [3.8, 4) is 0 Å². The molecule has 2 unspecified atom stereocenters. The summed E-state index contributed by atoms with van der Waals surface area (Å²) >= 11 is 0. The Morgan fingerprint density at radius 1 is 1.13 bits per heavy atom. The number of nitrogens with one attached hydrogen (secondary N) is 1. The van der Waals surface area contributed by atoms with E-state index in [-0.39, 0.29) is 12.1 Å². The standard InChI is InChI=1S/C20H33NO2/c1-4-17(2)10-8-14-20(22)23-18(3)11-9-15-21-16-19-12-6-5-7-13-19/h5-7,12-13,17-18,21H,4,8-11,14-16H2,1-3H3. The van der Waals surface area contributed by atoms with E-state index in [9.17, 15) is 4.79 Å². The van der Waals surface area contributed by atoms with Gasteiger partial charge in [0.15, 0.2) is 0 Å². The van der Waals surface area contributed by atoms with Crippen molar-refractivity contribution in [1.82, 2.24) is 5.32 Å². The Kier molecular flexibility index (Phi) is 10.4. The van der Waals surface area contributed by atoms with E-state index in [4.69, 9.17) is 4.74 Å². The molecule has 2 atom stereocenters. The monoisotopic (exact) mass is 319 g/mol. The van der Waals surface area contributed by atoms with Gasteiger partial charge in [0, 0.05) is 13.0 Å². The minimum absolute atomic E-state index is 0.0182. The number of esters is 1. The van der Waals surface area contributed by atoms with Gasteiger partial charge in [-0.05, 0) is 44.2 Å². The van der Waals surface area contributed by atoms with Gasteiger partial charge in [-0.15, -0.1) is 0 Å². The second-order valence-electron chi connectivity index (χ2n) is 6.51. The van der Waals surface area contributed by atoms with Gasteiger partial charge in [0.1, 0.15) is 0 Å². The van der Waals surface area contributed by atoms with E-state index in [0.717, 1.165) is 38.8 Å². The first kappa shape index (κ1) is 19.7. The van der Waals surface area contributed by atoms with Crippen LogP contribution in [-0.4, -0.2) is 18.6 Å². The fourth-order valence-electron chi connectivity index (χ4n) is 2.48. The Morgan fingerprint density at radius 2 is 1.87 bits per heavy atom. The Morgan fingerprint density at radius 3 is 2.57 bits per heavy atom. The second kappa shape index (κ2) is 12.1. The van der Waals surface area contributed by atoms with E-state index in [1.54, 1.807) is 0 Å². The summed E-state index contributed by atoms with van der Waals surface area (Å²) in [4.78, 5) is 11.8. The lowest BCUT2D eigenvalue weighted by Crippen LogP contribution is -2.19. The molecule has 1 aromatic rings. The van der Waals surface area contributed by atoms with Crippen LogP contribution >= 0.6 is 0 Å². The van der Waals surface area contributed by atoms with Crippen LogP contribution in [0.4, 0.5) is 0 Å². The molecule has 3 nitrogen and oxygen atoms in total. The van der Waals surface area contributed by atoms with E-state index in [1.807, 2.05) is 13.0 Å². The lowest BCUT2D eigenvalue weighted by atomic mass is 10.0. The van der Waals surface area contributed by atoms with Gasteiger partial charge in [-0.25, -0.2) is 0 Å². The van der Waals surface area contributed by atoms with Gasteiger partial charge in [-0.1, -0.05) is 57.0 Å². The maximum absolute atomic E-state index is 11.8. The Bertz CT molecular complexity index is 419. The Balaban J connectivity index is 2.01. The molecular formula is C20H33NO2. The van der Waals surface area contributed by atoms with Gasteiger partial charge < -0.3 is 10.1 Å². The first-order chi connectivity index (χ1) is 11.1. The lowest BCUT2D eigenvalue weighted by molar-refractivity contribution is -0.148. The molecule has 0 amide bonds. The molecule has 1 rings (SSSR count). The van der Waals surface area contributed by atoms with E-state index in [0.29, 0.717) is 12.3 Å². The number of rotatable bonds is 12. The van der Waals surface area contributed by atoms with Crippen molar-refractivity contribution in [2.24, 2.45) is 5.92 Å². The molecule has 0 aliphatic heterocycles. The highest BCUT2D eigenvalue weighted by Crippen LogP contribution is 2.12. The van der Waals surface area contributed by atoms with Crippen molar-refractivity contribution in [1.29, 1.82) is 0 Å². The van der Waals surface area contributed by atoms with Crippen molar-refractivity contribution in [2.45, 2.75) is 71.9 Å². The smallest absolute Gasteiger partial charge is 0.306 e. The molecule has 0 saturated carbocycles. The molecule has 23 heavy (non-hydrogen) atoms. The van der Waals surface area contributed by atoms with Crippen LogP contribution < -0.4 is 5.32 Å². The molecule has 0 aliphatic rings. The summed E-state index contributed by atoms with van der Waals surface area (Å²) < 4.78 is 5.46. The predicted molar refractivity (Wildman–Crippen MR) is 96.2 cm³/mol. The average Bonchev–Trinajstić information content (AvgIpc) is 2.55. The Labute approximate surface area is 141 Å². The summed E-state index contributed by atoms with van der Waals surface area (Å²) in [6.07, 6.45) is 5.75. The average molecular weight is 319 g/mol. The third-order valence-corrected chi connectivity index (χ3v) is 4.24. The summed E-state index contributed by atoms with van der Waals surface area (Å²) in [6, 6.07) is 10.4. The molecule has 0 heterocycles. The van der Waals surface area contributed by atoms with Crippen LogP contribution in [0.25, 0.3) is 0 Å². The molecular weight excluding hydrogens is 286 g/mol. The lowest BCUT2D eigenvalue weighted by Gasteiger charge is -2.14. The van der Waals surface area contributed by atoms with Crippen molar-refractivity contribution < 1.29 is 9.53 Å². The molecule has 0 bridgehead atoms. The number of carbonyl (C=O) groups is 1. The molecule has 0 spiro atoms. The Hall–Kier alpha value is -1.35. The highest BCUT2D eigenvalue weighted by Gasteiger charge is 2.09. The summed E-state index contributed by atoms with van der Waals surface area (Å²) in [5, 5.41) is 3.42. The van der Waals surface area contributed by atoms with Crippen molar-refractivity contribution in [3.05, 3.63) is 35.9 Å². The number of hydrogen-bond donors (Lipinski definition) is 1. The zero-order chi connectivity index (χ0) is 16.9. The molecule has 0 aliphatic carbocycles. The fourth-order valence-corrected chi connectivity index (χ4v) is 2.48. The van der Waals surface area contributed by atoms with E-state index < -0.39 is 0 Å². The fraction of sp³-hybridized carbons (Fsp3) is 0.650. The van der Waals surface area contributed by atoms with E-state index in [1.165, 1.54) is 12.0 Å². The number of carbonyl (C=O) groups excluding carboxylic acids is 1. The number of hydrogen-bond acceptors (Lipinski definition) is 3. The molecule has 3 heteroatoms.